The van der Waals surface area contributed by atoms with E-state index in [1.807, 2.05) is 0 Å². The number of β-amino-alcohol motifs (C(OH)–C–C–N with tert-alkyl or cyclic N) is 1. The van der Waals surface area contributed by atoms with Gasteiger partial charge in [-0.15, -0.1) is 0 Å². The highest BCUT2D eigenvalue weighted by Gasteiger charge is 2.22. The summed E-state index contributed by atoms with van der Waals surface area (Å²) in [5.41, 5.74) is 8.29. The molecule has 0 spiro atoms. The van der Waals surface area contributed by atoms with Gasteiger partial charge in [0.1, 0.15) is 0 Å². The van der Waals surface area contributed by atoms with Gasteiger partial charge in [-0.3, -0.25) is 0 Å². The van der Waals surface area contributed by atoms with Gasteiger partial charge in [-0.1, -0.05) is 48.1 Å². The molecule has 1 heterocycles. The number of halogens is 1. The predicted octanol–water partition coefficient (Wildman–Crippen LogP) is 4.67. The molecule has 0 saturated carbocycles. The van der Waals surface area contributed by atoms with Crippen molar-refractivity contribution in [3.8, 4) is 0 Å². The molecule has 3 heteroatoms. The van der Waals surface area contributed by atoms with Gasteiger partial charge >= 0.3 is 0 Å². The van der Waals surface area contributed by atoms with Gasteiger partial charge in [0.25, 0.3) is 0 Å². The Labute approximate surface area is 163 Å². The van der Waals surface area contributed by atoms with Gasteiger partial charge in [0.2, 0.25) is 0 Å². The lowest BCUT2D eigenvalue weighted by atomic mass is 9.86. The number of fused-ring (bicyclic) bond motifs is 2. The quantitative estimate of drug-likeness (QED) is 0.583. The summed E-state index contributed by atoms with van der Waals surface area (Å²) in [6.45, 7) is 3.11. The molecular formula is C22H22INO. The maximum atomic E-state index is 9.20. The number of aliphatic hydroxyl groups is 1. The molecule has 0 amide bonds. The lowest BCUT2D eigenvalue weighted by molar-refractivity contribution is 0.187. The van der Waals surface area contributed by atoms with Gasteiger partial charge in [-0.2, -0.15) is 0 Å². The highest BCUT2D eigenvalue weighted by Crippen LogP contribution is 2.39. The third-order valence-corrected chi connectivity index (χ3v) is 5.86. The van der Waals surface area contributed by atoms with Crippen LogP contribution in [0.15, 0.2) is 48.0 Å². The van der Waals surface area contributed by atoms with Gasteiger partial charge in [0.15, 0.2) is 0 Å². The fourth-order valence-electron chi connectivity index (χ4n) is 3.90. The van der Waals surface area contributed by atoms with Crippen LogP contribution < -0.4 is 0 Å². The van der Waals surface area contributed by atoms with Crippen molar-refractivity contribution in [2.45, 2.75) is 12.8 Å². The average molecular weight is 443 g/mol. The molecule has 25 heavy (non-hydrogen) atoms. The SMILES string of the molecule is OCCN1CCC(=C2c3ccccc3C=Cc3ccc(I)cc32)CC1. The van der Waals surface area contributed by atoms with Crippen LogP contribution >= 0.6 is 22.6 Å². The van der Waals surface area contributed by atoms with Gasteiger partial charge < -0.3 is 10.0 Å². The van der Waals surface area contributed by atoms with Crippen LogP contribution in [0.1, 0.15) is 35.1 Å². The molecule has 0 radical (unpaired) electrons. The highest BCUT2D eigenvalue weighted by molar-refractivity contribution is 14.1. The molecule has 1 saturated heterocycles. The van der Waals surface area contributed by atoms with E-state index >= 15 is 0 Å². The standard InChI is InChI=1S/C22H22INO/c23-19-8-7-17-6-5-16-3-1-2-4-20(16)22(21(17)15-19)18-9-11-24(12-10-18)13-14-25/h1-8,15,25H,9-14H2. The minimum Gasteiger partial charge on any atom is -0.395 e. The number of piperidine rings is 1. The molecule has 4 rings (SSSR count). The summed E-state index contributed by atoms with van der Waals surface area (Å²) in [5.74, 6) is 0. The van der Waals surface area contributed by atoms with Crippen LogP contribution in [0.3, 0.4) is 0 Å². The van der Waals surface area contributed by atoms with E-state index in [2.05, 4.69) is 82.1 Å². The molecule has 2 nitrogen and oxygen atoms in total. The van der Waals surface area contributed by atoms with Crippen LogP contribution in [0.2, 0.25) is 0 Å². The predicted molar refractivity (Wildman–Crippen MR) is 113 cm³/mol. The molecule has 1 aliphatic heterocycles. The van der Waals surface area contributed by atoms with E-state index in [1.165, 1.54) is 31.4 Å². The molecule has 1 N–H and O–H groups in total. The first-order chi connectivity index (χ1) is 12.3. The number of likely N-dealkylation sites (tertiary alicyclic amines) is 1. The van der Waals surface area contributed by atoms with Crippen LogP contribution in [0.5, 0.6) is 0 Å². The molecule has 1 aliphatic carbocycles. The van der Waals surface area contributed by atoms with Crippen molar-refractivity contribution in [2.75, 3.05) is 26.2 Å². The van der Waals surface area contributed by atoms with Crippen LogP contribution in [-0.2, 0) is 0 Å². The number of hydrogen-bond acceptors (Lipinski definition) is 2. The maximum absolute atomic E-state index is 9.20. The van der Waals surface area contributed by atoms with E-state index in [-0.39, 0.29) is 6.61 Å². The minimum absolute atomic E-state index is 0.250. The Balaban J connectivity index is 1.85. The van der Waals surface area contributed by atoms with Gasteiger partial charge in [0, 0.05) is 23.2 Å². The summed E-state index contributed by atoms with van der Waals surface area (Å²) in [5, 5.41) is 9.20. The van der Waals surface area contributed by atoms with Crippen molar-refractivity contribution in [3.05, 3.63) is 73.9 Å². The summed E-state index contributed by atoms with van der Waals surface area (Å²) < 4.78 is 1.28. The number of benzene rings is 2. The summed E-state index contributed by atoms with van der Waals surface area (Å²) in [7, 11) is 0. The van der Waals surface area contributed by atoms with Crippen molar-refractivity contribution < 1.29 is 5.11 Å². The van der Waals surface area contributed by atoms with E-state index < -0.39 is 0 Å². The maximum Gasteiger partial charge on any atom is 0.0558 e. The number of hydrogen-bond donors (Lipinski definition) is 1. The lowest BCUT2D eigenvalue weighted by Crippen LogP contribution is -2.33. The monoisotopic (exact) mass is 443 g/mol. The fourth-order valence-corrected chi connectivity index (χ4v) is 4.40. The largest absolute Gasteiger partial charge is 0.395 e. The first-order valence-electron chi connectivity index (χ1n) is 8.89. The lowest BCUT2D eigenvalue weighted by Gasteiger charge is -2.30. The van der Waals surface area contributed by atoms with E-state index in [1.54, 1.807) is 5.57 Å². The van der Waals surface area contributed by atoms with E-state index in [0.717, 1.165) is 32.5 Å². The first-order valence-corrected chi connectivity index (χ1v) is 9.97. The molecular weight excluding hydrogens is 421 g/mol. The molecule has 2 aromatic rings. The topological polar surface area (TPSA) is 23.5 Å². The fraction of sp³-hybridized carbons (Fsp3) is 0.273. The Hall–Kier alpha value is -1.43. The zero-order valence-corrected chi connectivity index (χ0v) is 16.4. The number of aliphatic hydroxyl groups excluding tert-OH is 1. The molecule has 1 fully saturated rings. The Morgan fingerprint density at radius 2 is 1.64 bits per heavy atom. The second-order valence-electron chi connectivity index (χ2n) is 6.70. The summed E-state index contributed by atoms with van der Waals surface area (Å²) in [6, 6.07) is 15.5. The Kier molecular flexibility index (Phi) is 5.06. The number of nitrogens with zero attached hydrogens (tertiary/aromatic N) is 1. The van der Waals surface area contributed by atoms with Crippen LogP contribution in [-0.4, -0.2) is 36.2 Å². The van der Waals surface area contributed by atoms with Gasteiger partial charge in [-0.25, -0.2) is 0 Å². The summed E-state index contributed by atoms with van der Waals surface area (Å²) >= 11 is 2.41. The molecule has 0 aromatic heterocycles. The van der Waals surface area contributed by atoms with Crippen molar-refractivity contribution in [1.29, 1.82) is 0 Å². The minimum atomic E-state index is 0.250. The van der Waals surface area contributed by atoms with Crippen LogP contribution in [0.4, 0.5) is 0 Å². The second-order valence-corrected chi connectivity index (χ2v) is 7.94. The number of rotatable bonds is 2. The van der Waals surface area contributed by atoms with Crippen LogP contribution in [0.25, 0.3) is 17.7 Å². The molecule has 0 unspecified atom stereocenters. The first kappa shape index (κ1) is 17.0. The summed E-state index contributed by atoms with van der Waals surface area (Å²) in [6.07, 6.45) is 6.65. The van der Waals surface area contributed by atoms with Crippen molar-refractivity contribution in [1.82, 2.24) is 4.90 Å². The Morgan fingerprint density at radius 1 is 0.920 bits per heavy atom. The van der Waals surface area contributed by atoms with Crippen molar-refractivity contribution in [3.63, 3.8) is 0 Å². The van der Waals surface area contributed by atoms with Crippen molar-refractivity contribution >= 4 is 40.3 Å². The zero-order chi connectivity index (χ0) is 17.2. The average Bonchev–Trinajstić information content (AvgIpc) is 2.79. The van der Waals surface area contributed by atoms with Crippen LogP contribution in [0, 0.1) is 3.57 Å². The van der Waals surface area contributed by atoms with Crippen molar-refractivity contribution in [2.24, 2.45) is 0 Å². The zero-order valence-electron chi connectivity index (χ0n) is 14.2. The molecule has 0 bridgehead atoms. The molecule has 0 atom stereocenters. The van der Waals surface area contributed by atoms with E-state index in [0.29, 0.717) is 0 Å². The Bertz CT molecular complexity index is 843. The highest BCUT2D eigenvalue weighted by atomic mass is 127. The normalized spacial score (nSPS) is 17.2. The molecule has 2 aromatic carbocycles. The molecule has 2 aliphatic rings. The summed E-state index contributed by atoms with van der Waals surface area (Å²) in [4.78, 5) is 2.36. The second kappa shape index (κ2) is 7.44. The van der Waals surface area contributed by atoms with Gasteiger partial charge in [0.05, 0.1) is 6.61 Å². The van der Waals surface area contributed by atoms with E-state index in [9.17, 15) is 5.11 Å². The van der Waals surface area contributed by atoms with Gasteiger partial charge in [-0.05, 0) is 75.4 Å². The third-order valence-electron chi connectivity index (χ3n) is 5.19. The Morgan fingerprint density at radius 3 is 2.40 bits per heavy atom. The smallest absolute Gasteiger partial charge is 0.0558 e. The third kappa shape index (κ3) is 3.46. The molecule has 128 valence electrons. The van der Waals surface area contributed by atoms with E-state index in [4.69, 9.17) is 0 Å².